The molecule has 1 saturated heterocycles. The molecule has 2 unspecified atom stereocenters. The van der Waals surface area contributed by atoms with E-state index < -0.39 is 11.6 Å². The van der Waals surface area contributed by atoms with E-state index in [-0.39, 0.29) is 17.7 Å². The number of nitriles is 1. The van der Waals surface area contributed by atoms with E-state index in [0.717, 1.165) is 25.2 Å². The third-order valence-corrected chi connectivity index (χ3v) is 4.27. The fourth-order valence-electron chi connectivity index (χ4n) is 2.66. The van der Waals surface area contributed by atoms with E-state index in [2.05, 4.69) is 5.32 Å². The predicted octanol–water partition coefficient (Wildman–Crippen LogP) is 2.68. The fourth-order valence-corrected chi connectivity index (χ4v) is 2.92. The first-order chi connectivity index (χ1) is 9.58. The molecule has 0 bridgehead atoms. The Morgan fingerprint density at radius 1 is 1.35 bits per heavy atom. The predicted molar refractivity (Wildman–Crippen MR) is 75.1 cm³/mol. The van der Waals surface area contributed by atoms with E-state index in [4.69, 9.17) is 17.5 Å². The van der Waals surface area contributed by atoms with Crippen LogP contribution in [0.4, 0.5) is 14.5 Å². The maximum Gasteiger partial charge on any atom is 0.173 e. The number of anilines is 1. The Labute approximate surface area is 121 Å². The minimum Gasteiger partial charge on any atom is -0.348 e. The summed E-state index contributed by atoms with van der Waals surface area (Å²) in [6.07, 6.45) is 1.11. The van der Waals surface area contributed by atoms with Crippen LogP contribution in [0.5, 0.6) is 0 Å². The number of nitrogens with one attached hydrogen (secondary N) is 1. The second-order valence-electron chi connectivity index (χ2n) is 5.35. The van der Waals surface area contributed by atoms with Crippen molar-refractivity contribution in [3.63, 3.8) is 0 Å². The van der Waals surface area contributed by atoms with Crippen LogP contribution in [0.3, 0.4) is 0 Å². The Morgan fingerprint density at radius 2 is 2.05 bits per heavy atom. The summed E-state index contributed by atoms with van der Waals surface area (Å²) in [5.41, 5.74) is 0.0821. The van der Waals surface area contributed by atoms with Crippen molar-refractivity contribution in [3.05, 3.63) is 29.3 Å². The van der Waals surface area contributed by atoms with E-state index in [9.17, 15) is 8.78 Å². The minimum absolute atomic E-state index is 0.0229. The molecule has 6 heteroatoms. The van der Waals surface area contributed by atoms with E-state index in [0.29, 0.717) is 16.9 Å². The summed E-state index contributed by atoms with van der Waals surface area (Å²) in [4.78, 5) is 1.99. The van der Waals surface area contributed by atoms with Gasteiger partial charge in [-0.1, -0.05) is 0 Å². The molecule has 3 rings (SSSR count). The van der Waals surface area contributed by atoms with E-state index in [1.165, 1.54) is 6.42 Å². The van der Waals surface area contributed by atoms with Gasteiger partial charge in [0, 0.05) is 24.7 Å². The highest BCUT2D eigenvalue weighted by Gasteiger charge is 2.45. The number of thiocarbonyl (C=S) groups is 1. The lowest BCUT2D eigenvalue weighted by molar-refractivity contribution is 0.468. The Bertz CT molecular complexity index is 601. The molecule has 2 fully saturated rings. The lowest BCUT2D eigenvalue weighted by Gasteiger charge is -2.22. The number of hydrogen-bond acceptors (Lipinski definition) is 2. The molecule has 2 atom stereocenters. The van der Waals surface area contributed by atoms with E-state index in [1.54, 1.807) is 6.07 Å². The van der Waals surface area contributed by atoms with Crippen LogP contribution >= 0.6 is 12.2 Å². The topological polar surface area (TPSA) is 39.1 Å². The SMILES string of the molecule is N#CCc1cc(F)c(NC(=S)N2CC3CC3C2)cc1F. The second-order valence-corrected chi connectivity index (χ2v) is 5.74. The standard InChI is InChI=1S/C14H13F2N3S/c15-11-5-13(12(16)4-8(11)1-2-17)18-14(20)19-6-9-3-10(9)7-19/h4-5,9-10H,1,3,6-7H2,(H,18,20). The average Bonchev–Trinajstić information content (AvgIpc) is 3.02. The van der Waals surface area contributed by atoms with Gasteiger partial charge >= 0.3 is 0 Å². The van der Waals surface area contributed by atoms with Crippen molar-refractivity contribution in [2.75, 3.05) is 18.4 Å². The number of halogens is 2. The first kappa shape index (κ1) is 13.3. The number of piperidine rings is 1. The van der Waals surface area contributed by atoms with Gasteiger partial charge in [-0.05, 0) is 36.5 Å². The monoisotopic (exact) mass is 293 g/mol. The van der Waals surface area contributed by atoms with Crippen molar-refractivity contribution in [2.24, 2.45) is 11.8 Å². The van der Waals surface area contributed by atoms with Crippen molar-refractivity contribution in [2.45, 2.75) is 12.8 Å². The van der Waals surface area contributed by atoms with Crippen LogP contribution in [0.25, 0.3) is 0 Å². The molecule has 1 aliphatic carbocycles. The zero-order chi connectivity index (χ0) is 14.3. The largest absolute Gasteiger partial charge is 0.348 e. The van der Waals surface area contributed by atoms with Crippen molar-refractivity contribution in [3.8, 4) is 6.07 Å². The van der Waals surface area contributed by atoms with Gasteiger partial charge in [-0.3, -0.25) is 0 Å². The summed E-state index contributed by atoms with van der Waals surface area (Å²) >= 11 is 5.23. The van der Waals surface area contributed by atoms with Gasteiger partial charge in [0.25, 0.3) is 0 Å². The summed E-state index contributed by atoms with van der Waals surface area (Å²) in [5, 5.41) is 11.7. The van der Waals surface area contributed by atoms with Crippen molar-refractivity contribution in [1.82, 2.24) is 4.90 Å². The Hall–Kier alpha value is -1.74. The molecule has 1 saturated carbocycles. The minimum atomic E-state index is -0.595. The lowest BCUT2D eigenvalue weighted by Crippen LogP contribution is -2.34. The first-order valence-corrected chi connectivity index (χ1v) is 6.90. The molecule has 2 aliphatic rings. The summed E-state index contributed by atoms with van der Waals surface area (Å²) in [5.74, 6) is 0.245. The molecular formula is C14H13F2N3S. The fraction of sp³-hybridized carbons (Fsp3) is 0.429. The molecule has 1 heterocycles. The quantitative estimate of drug-likeness (QED) is 0.851. The van der Waals surface area contributed by atoms with Gasteiger partial charge in [-0.15, -0.1) is 0 Å². The Morgan fingerprint density at radius 3 is 2.70 bits per heavy atom. The molecule has 0 amide bonds. The van der Waals surface area contributed by atoms with Crippen molar-refractivity contribution < 1.29 is 8.78 Å². The van der Waals surface area contributed by atoms with Gasteiger partial charge in [0.2, 0.25) is 0 Å². The molecule has 1 N–H and O–H groups in total. The van der Waals surface area contributed by atoms with Crippen LogP contribution in [0.15, 0.2) is 12.1 Å². The number of benzene rings is 1. The van der Waals surface area contributed by atoms with Gasteiger partial charge in [-0.2, -0.15) is 5.26 Å². The highest BCUT2D eigenvalue weighted by atomic mass is 32.1. The third kappa shape index (κ3) is 2.46. The van der Waals surface area contributed by atoms with Crippen LogP contribution in [0, 0.1) is 34.8 Å². The first-order valence-electron chi connectivity index (χ1n) is 6.49. The zero-order valence-electron chi connectivity index (χ0n) is 10.7. The van der Waals surface area contributed by atoms with Gasteiger partial charge in [-0.25, -0.2) is 8.78 Å². The summed E-state index contributed by atoms with van der Waals surface area (Å²) < 4.78 is 27.6. The van der Waals surface area contributed by atoms with Gasteiger partial charge in [0.15, 0.2) is 5.11 Å². The Kier molecular flexibility index (Phi) is 3.30. The summed E-state index contributed by atoms with van der Waals surface area (Å²) in [7, 11) is 0. The maximum absolute atomic E-state index is 13.9. The van der Waals surface area contributed by atoms with Crippen LogP contribution in [0.2, 0.25) is 0 Å². The van der Waals surface area contributed by atoms with Crippen molar-refractivity contribution in [1.29, 1.82) is 5.26 Å². The number of fused-ring (bicyclic) bond motifs is 1. The molecule has 3 nitrogen and oxygen atoms in total. The lowest BCUT2D eigenvalue weighted by atomic mass is 10.1. The van der Waals surface area contributed by atoms with Gasteiger partial charge in [0.1, 0.15) is 11.6 Å². The molecule has 104 valence electrons. The van der Waals surface area contributed by atoms with Crippen LogP contribution in [-0.4, -0.2) is 23.1 Å². The van der Waals surface area contributed by atoms with Crippen LogP contribution in [-0.2, 0) is 6.42 Å². The highest BCUT2D eigenvalue weighted by molar-refractivity contribution is 7.80. The molecule has 0 spiro atoms. The molecule has 1 aromatic rings. The summed E-state index contributed by atoms with van der Waals surface area (Å²) in [6, 6.07) is 3.91. The molecule has 0 aromatic heterocycles. The third-order valence-electron chi connectivity index (χ3n) is 3.91. The maximum atomic E-state index is 13.9. The second kappa shape index (κ2) is 4.98. The average molecular weight is 293 g/mol. The summed E-state index contributed by atoms with van der Waals surface area (Å²) in [6.45, 7) is 1.79. The van der Waals surface area contributed by atoms with E-state index in [1.807, 2.05) is 4.90 Å². The molecule has 1 aromatic carbocycles. The Balaban J connectivity index is 1.72. The number of likely N-dealkylation sites (tertiary alicyclic amines) is 1. The van der Waals surface area contributed by atoms with Crippen LogP contribution < -0.4 is 5.32 Å². The molecule has 20 heavy (non-hydrogen) atoms. The van der Waals surface area contributed by atoms with Gasteiger partial charge < -0.3 is 10.2 Å². The van der Waals surface area contributed by atoms with Gasteiger partial charge in [0.05, 0.1) is 18.2 Å². The van der Waals surface area contributed by atoms with E-state index >= 15 is 0 Å². The van der Waals surface area contributed by atoms with Crippen LogP contribution in [0.1, 0.15) is 12.0 Å². The van der Waals surface area contributed by atoms with Crippen molar-refractivity contribution >= 4 is 23.0 Å². The number of nitrogens with zero attached hydrogens (tertiary/aromatic N) is 2. The molecular weight excluding hydrogens is 280 g/mol. The number of rotatable bonds is 2. The molecule has 0 radical (unpaired) electrons. The smallest absolute Gasteiger partial charge is 0.173 e. The number of hydrogen-bond donors (Lipinski definition) is 1. The molecule has 1 aliphatic heterocycles. The highest BCUT2D eigenvalue weighted by Crippen LogP contribution is 2.45. The normalized spacial score (nSPS) is 23.1. The zero-order valence-corrected chi connectivity index (χ0v) is 11.5.